The molecular weight excluding hydrogens is 468 g/mol. The van der Waals surface area contributed by atoms with Crippen molar-refractivity contribution < 1.29 is 17.9 Å². The standard InChI is InChI=1S/C24H22N6O4S/c1-16-6-7-17-4-3-5-20(23(17)26-16)35(31,32)25-14-15-34-22-13-12-21-27-28-24(30(21)29-22)18-8-10-19(33-2)11-9-18/h3-13,25H,14-15H2,1-2H3. The number of rotatable bonds is 8. The molecule has 0 radical (unpaired) electrons. The number of fused-ring (bicyclic) bond motifs is 2. The molecule has 0 unspecified atom stereocenters. The minimum atomic E-state index is -3.78. The maximum absolute atomic E-state index is 12.9. The Labute approximate surface area is 201 Å². The van der Waals surface area contributed by atoms with Crippen molar-refractivity contribution in [1.82, 2.24) is 29.5 Å². The highest BCUT2D eigenvalue weighted by Gasteiger charge is 2.18. The van der Waals surface area contributed by atoms with Gasteiger partial charge in [0.1, 0.15) is 17.3 Å². The van der Waals surface area contributed by atoms with Crippen LogP contribution in [0.1, 0.15) is 5.69 Å². The fourth-order valence-corrected chi connectivity index (χ4v) is 4.80. The highest BCUT2D eigenvalue weighted by atomic mass is 32.2. The third-order valence-electron chi connectivity index (χ3n) is 5.34. The Bertz CT molecular complexity index is 1620. The van der Waals surface area contributed by atoms with E-state index in [0.717, 1.165) is 22.4 Å². The molecule has 0 atom stereocenters. The van der Waals surface area contributed by atoms with Crippen LogP contribution in [0.2, 0.25) is 0 Å². The van der Waals surface area contributed by atoms with Gasteiger partial charge < -0.3 is 9.47 Å². The fourth-order valence-electron chi connectivity index (χ4n) is 3.61. The smallest absolute Gasteiger partial charge is 0.242 e. The minimum absolute atomic E-state index is 0.0533. The Hall–Kier alpha value is -4.09. The number of nitrogens with zero attached hydrogens (tertiary/aromatic N) is 5. The van der Waals surface area contributed by atoms with Gasteiger partial charge >= 0.3 is 0 Å². The summed E-state index contributed by atoms with van der Waals surface area (Å²) in [7, 11) is -2.18. The number of para-hydroxylation sites is 1. The van der Waals surface area contributed by atoms with E-state index in [1.807, 2.05) is 49.4 Å². The molecule has 3 aromatic heterocycles. The van der Waals surface area contributed by atoms with Crippen molar-refractivity contribution in [2.75, 3.05) is 20.3 Å². The quantitative estimate of drug-likeness (QED) is 0.330. The SMILES string of the molecule is COc1ccc(-c2nnc3ccc(OCCNS(=O)(=O)c4cccc5ccc(C)nc45)nn23)cc1. The summed E-state index contributed by atoms with van der Waals surface area (Å²) in [6.07, 6.45) is 0. The van der Waals surface area contributed by atoms with Crippen molar-refractivity contribution >= 4 is 26.6 Å². The molecule has 0 aliphatic heterocycles. The van der Waals surface area contributed by atoms with Gasteiger partial charge in [-0.25, -0.2) is 13.1 Å². The zero-order valence-electron chi connectivity index (χ0n) is 19.0. The Morgan fingerprint density at radius 3 is 2.60 bits per heavy atom. The summed E-state index contributed by atoms with van der Waals surface area (Å²) in [5.74, 6) is 1.60. The number of nitrogens with one attached hydrogen (secondary N) is 1. The molecule has 3 heterocycles. The normalized spacial score (nSPS) is 11.7. The average Bonchev–Trinajstić information content (AvgIpc) is 3.29. The van der Waals surface area contributed by atoms with Crippen LogP contribution < -0.4 is 14.2 Å². The number of aromatic nitrogens is 5. The lowest BCUT2D eigenvalue weighted by Gasteiger charge is -2.10. The van der Waals surface area contributed by atoms with Crippen molar-refractivity contribution in [3.05, 3.63) is 72.4 Å². The van der Waals surface area contributed by atoms with E-state index in [-0.39, 0.29) is 18.0 Å². The van der Waals surface area contributed by atoms with E-state index in [1.165, 1.54) is 0 Å². The maximum Gasteiger partial charge on any atom is 0.242 e. The molecule has 0 amide bonds. The Morgan fingerprint density at radius 2 is 1.80 bits per heavy atom. The summed E-state index contributed by atoms with van der Waals surface area (Å²) in [5.41, 5.74) is 2.55. The summed E-state index contributed by atoms with van der Waals surface area (Å²) >= 11 is 0. The average molecular weight is 491 g/mol. The Morgan fingerprint density at radius 1 is 0.971 bits per heavy atom. The van der Waals surface area contributed by atoms with Gasteiger partial charge in [-0.3, -0.25) is 4.98 Å². The fraction of sp³-hybridized carbons (Fsp3) is 0.167. The van der Waals surface area contributed by atoms with Crippen LogP contribution in [-0.2, 0) is 10.0 Å². The lowest BCUT2D eigenvalue weighted by Crippen LogP contribution is -2.28. The number of benzene rings is 2. The van der Waals surface area contributed by atoms with Crippen LogP contribution in [0.3, 0.4) is 0 Å². The molecule has 10 nitrogen and oxygen atoms in total. The predicted molar refractivity (Wildman–Crippen MR) is 130 cm³/mol. The van der Waals surface area contributed by atoms with Crippen molar-refractivity contribution in [3.63, 3.8) is 0 Å². The molecular formula is C24H22N6O4S. The number of hydrogen-bond donors (Lipinski definition) is 1. The number of pyridine rings is 1. The lowest BCUT2D eigenvalue weighted by molar-refractivity contribution is 0.306. The van der Waals surface area contributed by atoms with Crippen LogP contribution in [0.5, 0.6) is 11.6 Å². The molecule has 0 aliphatic carbocycles. The van der Waals surface area contributed by atoms with Crippen LogP contribution in [-0.4, -0.2) is 53.5 Å². The topological polar surface area (TPSA) is 121 Å². The molecule has 5 aromatic rings. The Kier molecular flexibility index (Phi) is 6.01. The van der Waals surface area contributed by atoms with Gasteiger partial charge in [0, 0.05) is 29.3 Å². The number of sulfonamides is 1. The molecule has 0 aliphatic rings. The summed E-state index contributed by atoms with van der Waals surface area (Å²) in [4.78, 5) is 4.53. The van der Waals surface area contributed by atoms with E-state index >= 15 is 0 Å². The first kappa shape index (κ1) is 22.7. The predicted octanol–water partition coefficient (Wildman–Crippen LogP) is 3.01. The van der Waals surface area contributed by atoms with Gasteiger partial charge in [0.2, 0.25) is 15.9 Å². The van der Waals surface area contributed by atoms with E-state index in [9.17, 15) is 8.42 Å². The zero-order valence-corrected chi connectivity index (χ0v) is 19.9. The zero-order chi connectivity index (χ0) is 24.4. The number of ether oxygens (including phenoxy) is 2. The van der Waals surface area contributed by atoms with Crippen LogP contribution in [0.15, 0.2) is 71.6 Å². The number of aryl methyl sites for hydroxylation is 1. The first-order chi connectivity index (χ1) is 16.9. The molecule has 0 spiro atoms. The van der Waals surface area contributed by atoms with Crippen molar-refractivity contribution in [2.24, 2.45) is 0 Å². The molecule has 0 saturated heterocycles. The van der Waals surface area contributed by atoms with Crippen LogP contribution >= 0.6 is 0 Å². The molecule has 0 fully saturated rings. The van der Waals surface area contributed by atoms with E-state index in [2.05, 4.69) is 25.0 Å². The summed E-state index contributed by atoms with van der Waals surface area (Å²) in [6, 6.07) is 19.5. The first-order valence-electron chi connectivity index (χ1n) is 10.8. The highest BCUT2D eigenvalue weighted by Crippen LogP contribution is 2.23. The van der Waals surface area contributed by atoms with Crippen molar-refractivity contribution in [1.29, 1.82) is 0 Å². The second-order valence-electron chi connectivity index (χ2n) is 7.72. The van der Waals surface area contributed by atoms with Gasteiger partial charge in [0.25, 0.3) is 0 Å². The number of methoxy groups -OCH3 is 1. The maximum atomic E-state index is 12.9. The lowest BCUT2D eigenvalue weighted by atomic mass is 10.2. The third-order valence-corrected chi connectivity index (χ3v) is 6.84. The Balaban J connectivity index is 1.28. The van der Waals surface area contributed by atoms with Gasteiger partial charge in [-0.1, -0.05) is 18.2 Å². The highest BCUT2D eigenvalue weighted by molar-refractivity contribution is 7.89. The van der Waals surface area contributed by atoms with Gasteiger partial charge in [-0.05, 0) is 49.4 Å². The van der Waals surface area contributed by atoms with Gasteiger partial charge in [-0.2, -0.15) is 4.52 Å². The van der Waals surface area contributed by atoms with Crippen LogP contribution in [0, 0.1) is 6.92 Å². The minimum Gasteiger partial charge on any atom is -0.497 e. The third kappa shape index (κ3) is 4.63. The monoisotopic (exact) mass is 490 g/mol. The van der Waals surface area contributed by atoms with Crippen LogP contribution in [0.4, 0.5) is 0 Å². The van der Waals surface area contributed by atoms with Crippen LogP contribution in [0.25, 0.3) is 27.9 Å². The van der Waals surface area contributed by atoms with E-state index in [4.69, 9.17) is 9.47 Å². The summed E-state index contributed by atoms with van der Waals surface area (Å²) in [5, 5.41) is 13.6. The molecule has 5 rings (SSSR count). The van der Waals surface area contributed by atoms with Gasteiger partial charge in [-0.15, -0.1) is 15.3 Å². The molecule has 1 N–H and O–H groups in total. The largest absolute Gasteiger partial charge is 0.497 e. The van der Waals surface area contributed by atoms with E-state index < -0.39 is 10.0 Å². The van der Waals surface area contributed by atoms with E-state index in [0.29, 0.717) is 22.9 Å². The molecule has 178 valence electrons. The van der Waals surface area contributed by atoms with Crippen molar-refractivity contribution in [3.8, 4) is 23.0 Å². The molecule has 35 heavy (non-hydrogen) atoms. The molecule has 0 bridgehead atoms. The molecule has 11 heteroatoms. The summed E-state index contributed by atoms with van der Waals surface area (Å²) in [6.45, 7) is 1.95. The molecule has 0 saturated carbocycles. The van der Waals surface area contributed by atoms with Gasteiger partial charge in [0.15, 0.2) is 11.5 Å². The summed E-state index contributed by atoms with van der Waals surface area (Å²) < 4.78 is 40.9. The second-order valence-corrected chi connectivity index (χ2v) is 9.46. The number of hydrogen-bond acceptors (Lipinski definition) is 8. The van der Waals surface area contributed by atoms with Gasteiger partial charge in [0.05, 0.1) is 12.6 Å². The first-order valence-corrected chi connectivity index (χ1v) is 12.3. The van der Waals surface area contributed by atoms with E-state index in [1.54, 1.807) is 35.9 Å². The molecule has 2 aromatic carbocycles. The van der Waals surface area contributed by atoms with Crippen molar-refractivity contribution in [2.45, 2.75) is 11.8 Å². The second kappa shape index (κ2) is 9.28.